The summed E-state index contributed by atoms with van der Waals surface area (Å²) in [5.74, 6) is 0. The summed E-state index contributed by atoms with van der Waals surface area (Å²) < 4.78 is 5.00. The van der Waals surface area contributed by atoms with Crippen LogP contribution in [0.1, 0.15) is 18.9 Å². The molecule has 0 amide bonds. The lowest BCUT2D eigenvalue weighted by Crippen LogP contribution is -2.19. The van der Waals surface area contributed by atoms with Crippen LogP contribution in [-0.4, -0.2) is 31.8 Å². The van der Waals surface area contributed by atoms with Crippen LogP contribution >= 0.6 is 0 Å². The van der Waals surface area contributed by atoms with Gasteiger partial charge in [0.05, 0.1) is 12.1 Å². The zero-order valence-electron chi connectivity index (χ0n) is 12.2. The molecule has 0 saturated heterocycles. The third kappa shape index (κ3) is 4.15. The molecule has 0 bridgehead atoms. The molecule has 1 heterocycles. The number of ether oxygens (including phenoxy) is 1. The van der Waals surface area contributed by atoms with E-state index in [1.165, 1.54) is 16.5 Å². The first kappa shape index (κ1) is 14.7. The van der Waals surface area contributed by atoms with Gasteiger partial charge in [0, 0.05) is 25.2 Å². The summed E-state index contributed by atoms with van der Waals surface area (Å²) in [6.45, 7) is 4.81. The van der Waals surface area contributed by atoms with Gasteiger partial charge in [0.15, 0.2) is 0 Å². The van der Waals surface area contributed by atoms with E-state index >= 15 is 0 Å². The smallest absolute Gasteiger partial charge is 0.0702 e. The van der Waals surface area contributed by atoms with Crippen molar-refractivity contribution in [1.82, 2.24) is 10.3 Å². The Morgan fingerprint density at radius 1 is 1.30 bits per heavy atom. The van der Waals surface area contributed by atoms with Gasteiger partial charge in [0.1, 0.15) is 0 Å². The van der Waals surface area contributed by atoms with E-state index in [2.05, 4.69) is 47.6 Å². The summed E-state index contributed by atoms with van der Waals surface area (Å²) in [6.07, 6.45) is 5.13. The Morgan fingerprint density at radius 2 is 2.20 bits per heavy atom. The molecule has 3 nitrogen and oxygen atoms in total. The highest BCUT2D eigenvalue weighted by Gasteiger charge is 1.98. The Balaban J connectivity index is 1.94. The van der Waals surface area contributed by atoms with Crippen LogP contribution in [0.25, 0.3) is 16.5 Å². The number of rotatable bonds is 7. The predicted molar refractivity (Wildman–Crippen MR) is 84.8 cm³/mol. The number of allylic oxidation sites excluding steroid dienone is 1. The molecule has 1 aromatic carbocycles. The lowest BCUT2D eigenvalue weighted by Gasteiger charge is -2.05. The van der Waals surface area contributed by atoms with Crippen molar-refractivity contribution >= 4 is 16.5 Å². The first-order valence-electron chi connectivity index (χ1n) is 7.03. The largest absolute Gasteiger partial charge is 0.383 e. The van der Waals surface area contributed by atoms with E-state index in [4.69, 9.17) is 4.74 Å². The van der Waals surface area contributed by atoms with Gasteiger partial charge in [-0.3, -0.25) is 4.98 Å². The molecule has 0 spiro atoms. The van der Waals surface area contributed by atoms with Crippen molar-refractivity contribution in [2.24, 2.45) is 0 Å². The number of nitrogens with zero attached hydrogens (tertiary/aromatic N) is 1. The fraction of sp³-hybridized carbons (Fsp3) is 0.353. The van der Waals surface area contributed by atoms with Crippen molar-refractivity contribution in [1.29, 1.82) is 0 Å². The molecule has 0 aliphatic heterocycles. The van der Waals surface area contributed by atoms with Crippen molar-refractivity contribution in [3.63, 3.8) is 0 Å². The molecule has 0 atom stereocenters. The Morgan fingerprint density at radius 3 is 3.05 bits per heavy atom. The van der Waals surface area contributed by atoms with Gasteiger partial charge in [0.2, 0.25) is 0 Å². The van der Waals surface area contributed by atoms with E-state index in [-0.39, 0.29) is 0 Å². The van der Waals surface area contributed by atoms with Gasteiger partial charge in [-0.1, -0.05) is 18.2 Å². The molecule has 3 heteroatoms. The Bertz CT molecular complexity index is 578. The number of hydrogen-bond acceptors (Lipinski definition) is 3. The summed E-state index contributed by atoms with van der Waals surface area (Å²) in [5.41, 5.74) is 3.62. The maximum Gasteiger partial charge on any atom is 0.0702 e. The molecule has 0 aliphatic carbocycles. The average molecular weight is 270 g/mol. The van der Waals surface area contributed by atoms with Gasteiger partial charge in [-0.2, -0.15) is 0 Å². The van der Waals surface area contributed by atoms with Crippen LogP contribution in [-0.2, 0) is 4.74 Å². The van der Waals surface area contributed by atoms with E-state index in [1.807, 2.05) is 12.3 Å². The van der Waals surface area contributed by atoms with Crippen LogP contribution in [0.3, 0.4) is 0 Å². The highest BCUT2D eigenvalue weighted by Crippen LogP contribution is 2.19. The van der Waals surface area contributed by atoms with Crippen LogP contribution < -0.4 is 5.32 Å². The Labute approximate surface area is 120 Å². The molecule has 0 radical (unpaired) electrons. The number of fused-ring (bicyclic) bond motifs is 1. The van der Waals surface area contributed by atoms with E-state index in [9.17, 15) is 0 Å². The van der Waals surface area contributed by atoms with E-state index < -0.39 is 0 Å². The number of nitrogens with one attached hydrogen (secondary N) is 1. The molecule has 0 saturated carbocycles. The number of hydrogen-bond donors (Lipinski definition) is 1. The topological polar surface area (TPSA) is 34.1 Å². The summed E-state index contributed by atoms with van der Waals surface area (Å²) in [5, 5.41) is 4.53. The van der Waals surface area contributed by atoms with Gasteiger partial charge in [0.25, 0.3) is 0 Å². The second-order valence-electron chi connectivity index (χ2n) is 4.83. The van der Waals surface area contributed by atoms with Crippen LogP contribution in [0.5, 0.6) is 0 Å². The second-order valence-corrected chi connectivity index (χ2v) is 4.83. The molecule has 1 N–H and O–H groups in total. The average Bonchev–Trinajstić information content (AvgIpc) is 2.50. The van der Waals surface area contributed by atoms with E-state index in [0.29, 0.717) is 0 Å². The SMILES string of the molecule is COCCNCC/C=C(/C)c1ccc2ncccc2c1. The fourth-order valence-electron chi connectivity index (χ4n) is 2.13. The minimum Gasteiger partial charge on any atom is -0.383 e. The molecule has 0 unspecified atom stereocenters. The molecule has 0 aliphatic rings. The molecule has 2 rings (SSSR count). The summed E-state index contributed by atoms with van der Waals surface area (Å²) >= 11 is 0. The lowest BCUT2D eigenvalue weighted by atomic mass is 10.0. The number of aromatic nitrogens is 1. The van der Waals surface area contributed by atoms with Gasteiger partial charge < -0.3 is 10.1 Å². The fourth-order valence-corrected chi connectivity index (χ4v) is 2.13. The number of methoxy groups -OCH3 is 1. The van der Waals surface area contributed by atoms with Gasteiger partial charge in [-0.05, 0) is 49.2 Å². The quantitative estimate of drug-likeness (QED) is 0.784. The summed E-state index contributed by atoms with van der Waals surface area (Å²) in [4.78, 5) is 4.34. The Hall–Kier alpha value is -1.71. The normalized spacial score (nSPS) is 12.0. The Kier molecular flexibility index (Phi) is 5.71. The van der Waals surface area contributed by atoms with Crippen molar-refractivity contribution in [2.45, 2.75) is 13.3 Å². The maximum absolute atomic E-state index is 5.00. The highest BCUT2D eigenvalue weighted by atomic mass is 16.5. The van der Waals surface area contributed by atoms with Crippen molar-refractivity contribution in [2.75, 3.05) is 26.8 Å². The standard InChI is InChI=1S/C17H22N2O/c1-14(5-3-9-18-11-12-20-2)15-7-8-17-16(13-15)6-4-10-19-17/h4-8,10,13,18H,3,9,11-12H2,1-2H3/b14-5-. The molecule has 106 valence electrons. The van der Waals surface area contributed by atoms with Crippen molar-refractivity contribution in [3.05, 3.63) is 48.2 Å². The minimum atomic E-state index is 0.764. The zero-order chi connectivity index (χ0) is 14.2. The summed E-state index contributed by atoms with van der Waals surface area (Å²) in [7, 11) is 1.72. The first-order chi connectivity index (χ1) is 9.81. The third-order valence-electron chi connectivity index (χ3n) is 3.31. The van der Waals surface area contributed by atoms with Gasteiger partial charge >= 0.3 is 0 Å². The second kappa shape index (κ2) is 7.78. The molecule has 1 aromatic heterocycles. The van der Waals surface area contributed by atoms with Crippen LogP contribution in [0.4, 0.5) is 0 Å². The number of benzene rings is 1. The minimum absolute atomic E-state index is 0.764. The first-order valence-corrected chi connectivity index (χ1v) is 7.03. The van der Waals surface area contributed by atoms with Gasteiger partial charge in [-0.15, -0.1) is 0 Å². The molecule has 2 aromatic rings. The zero-order valence-corrected chi connectivity index (χ0v) is 12.2. The third-order valence-corrected chi connectivity index (χ3v) is 3.31. The highest BCUT2D eigenvalue weighted by molar-refractivity contribution is 5.82. The molecular formula is C17H22N2O. The predicted octanol–water partition coefficient (Wildman–Crippen LogP) is 3.26. The molecule has 0 fully saturated rings. The van der Waals surface area contributed by atoms with Crippen molar-refractivity contribution < 1.29 is 4.74 Å². The van der Waals surface area contributed by atoms with Crippen LogP contribution in [0.15, 0.2) is 42.6 Å². The maximum atomic E-state index is 5.00. The van der Waals surface area contributed by atoms with Crippen LogP contribution in [0.2, 0.25) is 0 Å². The van der Waals surface area contributed by atoms with Crippen LogP contribution in [0, 0.1) is 0 Å². The monoisotopic (exact) mass is 270 g/mol. The number of pyridine rings is 1. The lowest BCUT2D eigenvalue weighted by molar-refractivity contribution is 0.199. The van der Waals surface area contributed by atoms with E-state index in [1.54, 1.807) is 7.11 Å². The summed E-state index contributed by atoms with van der Waals surface area (Å²) in [6, 6.07) is 10.5. The molecule has 20 heavy (non-hydrogen) atoms. The van der Waals surface area contributed by atoms with Crippen molar-refractivity contribution in [3.8, 4) is 0 Å². The van der Waals surface area contributed by atoms with E-state index in [0.717, 1.165) is 31.6 Å². The van der Waals surface area contributed by atoms with Gasteiger partial charge in [-0.25, -0.2) is 0 Å². The molecular weight excluding hydrogens is 248 g/mol.